The van der Waals surface area contributed by atoms with Crippen molar-refractivity contribution in [3.8, 4) is 11.1 Å². The van der Waals surface area contributed by atoms with Crippen LogP contribution in [0.5, 0.6) is 0 Å². The maximum atomic E-state index is 10.7. The summed E-state index contributed by atoms with van der Waals surface area (Å²) in [4.78, 5) is 10.7. The molecule has 2 aromatic rings. The fourth-order valence-electron chi connectivity index (χ4n) is 3.55. The van der Waals surface area contributed by atoms with Gasteiger partial charge in [0.1, 0.15) is 0 Å². The predicted molar refractivity (Wildman–Crippen MR) is 108 cm³/mol. The van der Waals surface area contributed by atoms with Gasteiger partial charge in [-0.3, -0.25) is 4.79 Å². The van der Waals surface area contributed by atoms with Gasteiger partial charge in [-0.25, -0.2) is 0 Å². The van der Waals surface area contributed by atoms with Gasteiger partial charge in [0.25, 0.3) is 0 Å². The summed E-state index contributed by atoms with van der Waals surface area (Å²) in [6.07, 6.45) is 10.4. The molecule has 0 radical (unpaired) electrons. The van der Waals surface area contributed by atoms with Gasteiger partial charge in [0, 0.05) is 6.42 Å². The molecule has 0 spiro atoms. The Morgan fingerprint density at radius 2 is 1.93 bits per heavy atom. The second kappa shape index (κ2) is 9.33. The number of aliphatic carboxylic acids is 1. The highest BCUT2D eigenvalue weighted by Crippen LogP contribution is 2.27. The number of hydrogen-bond donors (Lipinski definition) is 2. The molecular formula is C24H26O3. The van der Waals surface area contributed by atoms with Crippen molar-refractivity contribution in [3.63, 3.8) is 0 Å². The van der Waals surface area contributed by atoms with Crippen LogP contribution in [-0.4, -0.2) is 16.2 Å². The number of aliphatic hydroxyl groups is 1. The Bertz CT molecular complexity index is 848. The summed E-state index contributed by atoms with van der Waals surface area (Å²) in [5, 5.41) is 18.3. The summed E-state index contributed by atoms with van der Waals surface area (Å²) in [6.45, 7) is 0.0455. The molecule has 0 amide bonds. The molecule has 3 nitrogen and oxygen atoms in total. The topological polar surface area (TPSA) is 57.5 Å². The normalized spacial score (nSPS) is 16.2. The second-order valence-corrected chi connectivity index (χ2v) is 7.08. The third kappa shape index (κ3) is 5.41. The van der Waals surface area contributed by atoms with E-state index in [0.717, 1.165) is 41.5 Å². The molecule has 2 N–H and O–H groups in total. The highest BCUT2D eigenvalue weighted by molar-refractivity contribution is 5.68. The molecule has 0 fully saturated rings. The third-order valence-electron chi connectivity index (χ3n) is 5.12. The van der Waals surface area contributed by atoms with Gasteiger partial charge in [-0.05, 0) is 53.9 Å². The Morgan fingerprint density at radius 3 is 2.67 bits per heavy atom. The Kier molecular flexibility index (Phi) is 6.61. The number of carbonyl (C=O) groups is 1. The number of benzene rings is 2. The first kappa shape index (κ1) is 19.1. The second-order valence-electron chi connectivity index (χ2n) is 7.08. The molecule has 1 aliphatic rings. The van der Waals surface area contributed by atoms with Crippen LogP contribution in [0.2, 0.25) is 0 Å². The number of rotatable bonds is 8. The minimum atomic E-state index is -0.742. The van der Waals surface area contributed by atoms with Gasteiger partial charge in [-0.15, -0.1) is 0 Å². The van der Waals surface area contributed by atoms with E-state index in [4.69, 9.17) is 5.11 Å². The summed E-state index contributed by atoms with van der Waals surface area (Å²) in [5.41, 5.74) is 5.62. The Balaban J connectivity index is 1.58. The van der Waals surface area contributed by atoms with Crippen molar-refractivity contribution in [2.24, 2.45) is 5.92 Å². The lowest BCUT2D eigenvalue weighted by Crippen LogP contribution is -2.03. The zero-order valence-electron chi connectivity index (χ0n) is 15.5. The molecule has 0 bridgehead atoms. The molecule has 0 saturated carbocycles. The van der Waals surface area contributed by atoms with Gasteiger partial charge >= 0.3 is 5.97 Å². The van der Waals surface area contributed by atoms with E-state index in [1.54, 1.807) is 0 Å². The van der Waals surface area contributed by atoms with Crippen LogP contribution in [0.3, 0.4) is 0 Å². The molecule has 3 rings (SSSR count). The monoisotopic (exact) mass is 362 g/mol. The first-order chi connectivity index (χ1) is 13.2. The smallest absolute Gasteiger partial charge is 0.303 e. The molecule has 1 aliphatic carbocycles. The van der Waals surface area contributed by atoms with Gasteiger partial charge in [-0.2, -0.15) is 0 Å². The van der Waals surface area contributed by atoms with Crippen molar-refractivity contribution in [2.45, 2.75) is 38.7 Å². The standard InChI is InChI=1S/C24H26O3/c25-17-22-5-1-2-7-23(22)21-6-3-4-20(16-21)13-12-18-8-10-19(11-9-18)14-15-24(26)27/h1-8,10-11,16,18,25H,9,12-15,17H2,(H,26,27). The molecule has 0 saturated heterocycles. The van der Waals surface area contributed by atoms with Crippen LogP contribution in [0.4, 0.5) is 0 Å². The van der Waals surface area contributed by atoms with Gasteiger partial charge in [0.2, 0.25) is 0 Å². The van der Waals surface area contributed by atoms with E-state index in [-0.39, 0.29) is 13.0 Å². The molecule has 0 aromatic heterocycles. The van der Waals surface area contributed by atoms with Crippen LogP contribution in [-0.2, 0) is 17.8 Å². The number of aryl methyl sites for hydroxylation is 1. The lowest BCUT2D eigenvalue weighted by atomic mass is 9.89. The zero-order chi connectivity index (χ0) is 19.1. The molecule has 1 unspecified atom stereocenters. The minimum absolute atomic E-state index is 0.0455. The maximum absolute atomic E-state index is 10.7. The summed E-state index contributed by atoms with van der Waals surface area (Å²) in [7, 11) is 0. The fraction of sp³-hybridized carbons (Fsp3) is 0.292. The lowest BCUT2D eigenvalue weighted by molar-refractivity contribution is -0.136. The molecule has 27 heavy (non-hydrogen) atoms. The quantitative estimate of drug-likeness (QED) is 0.683. The SMILES string of the molecule is O=C(O)CCC1=CCC(CCc2cccc(-c3ccccc3CO)c2)C=C1. The van der Waals surface area contributed by atoms with E-state index in [2.05, 4.69) is 48.6 Å². The number of carboxylic acids is 1. The van der Waals surface area contributed by atoms with E-state index in [1.807, 2.05) is 18.2 Å². The molecular weight excluding hydrogens is 336 g/mol. The van der Waals surface area contributed by atoms with Crippen LogP contribution in [0, 0.1) is 5.92 Å². The summed E-state index contributed by atoms with van der Waals surface area (Å²) >= 11 is 0. The van der Waals surface area contributed by atoms with E-state index in [0.29, 0.717) is 12.3 Å². The molecule has 3 heteroatoms. The number of hydrogen-bond acceptors (Lipinski definition) is 2. The number of carboxylic acid groups (broad SMARTS) is 1. The first-order valence-corrected chi connectivity index (χ1v) is 9.53. The summed E-state index contributed by atoms with van der Waals surface area (Å²) in [6, 6.07) is 16.5. The first-order valence-electron chi connectivity index (χ1n) is 9.53. The van der Waals surface area contributed by atoms with Gasteiger partial charge in [0.05, 0.1) is 6.61 Å². The molecule has 140 valence electrons. The Labute approximate surface area is 160 Å². The zero-order valence-corrected chi connectivity index (χ0v) is 15.5. The third-order valence-corrected chi connectivity index (χ3v) is 5.12. The highest BCUT2D eigenvalue weighted by atomic mass is 16.4. The van der Waals surface area contributed by atoms with Crippen molar-refractivity contribution >= 4 is 5.97 Å². The fourth-order valence-corrected chi connectivity index (χ4v) is 3.55. The van der Waals surface area contributed by atoms with E-state index >= 15 is 0 Å². The van der Waals surface area contributed by atoms with Crippen molar-refractivity contribution in [3.05, 3.63) is 83.5 Å². The van der Waals surface area contributed by atoms with Crippen molar-refractivity contribution in [1.29, 1.82) is 0 Å². The van der Waals surface area contributed by atoms with Crippen LogP contribution < -0.4 is 0 Å². The number of allylic oxidation sites excluding steroid dienone is 4. The Hall–Kier alpha value is -2.65. The van der Waals surface area contributed by atoms with E-state index < -0.39 is 5.97 Å². The molecule has 0 heterocycles. The lowest BCUT2D eigenvalue weighted by Gasteiger charge is -2.16. The van der Waals surface area contributed by atoms with Crippen LogP contribution >= 0.6 is 0 Å². The van der Waals surface area contributed by atoms with Crippen LogP contribution in [0.15, 0.2) is 72.3 Å². The highest BCUT2D eigenvalue weighted by Gasteiger charge is 2.11. The summed E-state index contributed by atoms with van der Waals surface area (Å²) < 4.78 is 0. The van der Waals surface area contributed by atoms with Crippen LogP contribution in [0.25, 0.3) is 11.1 Å². The van der Waals surface area contributed by atoms with Crippen LogP contribution in [0.1, 0.15) is 36.8 Å². The minimum Gasteiger partial charge on any atom is -0.481 e. The summed E-state index contributed by atoms with van der Waals surface area (Å²) in [5.74, 6) is -0.235. The van der Waals surface area contributed by atoms with Gasteiger partial charge in [0.15, 0.2) is 0 Å². The number of aliphatic hydroxyl groups excluding tert-OH is 1. The molecule has 1 atom stereocenters. The largest absolute Gasteiger partial charge is 0.481 e. The van der Waals surface area contributed by atoms with Gasteiger partial charge < -0.3 is 10.2 Å². The maximum Gasteiger partial charge on any atom is 0.303 e. The van der Waals surface area contributed by atoms with E-state index in [1.165, 1.54) is 5.56 Å². The average molecular weight is 362 g/mol. The van der Waals surface area contributed by atoms with Crippen molar-refractivity contribution in [2.75, 3.05) is 0 Å². The van der Waals surface area contributed by atoms with Crippen molar-refractivity contribution < 1.29 is 15.0 Å². The van der Waals surface area contributed by atoms with Gasteiger partial charge in [-0.1, -0.05) is 72.3 Å². The molecule has 2 aromatic carbocycles. The Morgan fingerprint density at radius 1 is 1.07 bits per heavy atom. The predicted octanol–water partition coefficient (Wildman–Crippen LogP) is 5.15. The van der Waals surface area contributed by atoms with Crippen molar-refractivity contribution in [1.82, 2.24) is 0 Å². The molecule has 0 aliphatic heterocycles. The van der Waals surface area contributed by atoms with E-state index in [9.17, 15) is 9.90 Å². The average Bonchev–Trinajstić information content (AvgIpc) is 2.71.